The molecule has 0 atom stereocenters. The van der Waals surface area contributed by atoms with Crippen molar-refractivity contribution in [2.24, 2.45) is 13.0 Å². The van der Waals surface area contributed by atoms with E-state index >= 15 is 0 Å². The van der Waals surface area contributed by atoms with Gasteiger partial charge >= 0.3 is 0 Å². The van der Waals surface area contributed by atoms with Crippen LogP contribution in [-0.2, 0) is 11.8 Å². The molecule has 2 rings (SSSR count). The van der Waals surface area contributed by atoms with E-state index in [2.05, 4.69) is 5.10 Å². The lowest BCUT2D eigenvalue weighted by Crippen LogP contribution is -2.24. The van der Waals surface area contributed by atoms with E-state index in [1.165, 1.54) is 6.20 Å². The molecular formula is C11H14N2O2. The van der Waals surface area contributed by atoms with Gasteiger partial charge in [-0.1, -0.05) is 6.42 Å². The average molecular weight is 206 g/mol. The van der Waals surface area contributed by atoms with Crippen LogP contribution >= 0.6 is 0 Å². The molecule has 0 bridgehead atoms. The molecule has 4 nitrogen and oxygen atoms in total. The summed E-state index contributed by atoms with van der Waals surface area (Å²) in [4.78, 5) is 23.2. The number of rotatable bonds is 4. The van der Waals surface area contributed by atoms with Crippen LogP contribution in [0.5, 0.6) is 0 Å². The van der Waals surface area contributed by atoms with Gasteiger partial charge in [0, 0.05) is 19.2 Å². The van der Waals surface area contributed by atoms with E-state index in [0.717, 1.165) is 19.3 Å². The summed E-state index contributed by atoms with van der Waals surface area (Å²) in [7, 11) is 1.75. The van der Waals surface area contributed by atoms with Gasteiger partial charge in [0.1, 0.15) is 5.78 Å². The molecule has 4 heteroatoms. The third kappa shape index (κ3) is 2.14. The minimum atomic E-state index is -0.111. The van der Waals surface area contributed by atoms with Gasteiger partial charge in [-0.25, -0.2) is 0 Å². The van der Waals surface area contributed by atoms with Crippen LogP contribution in [0.2, 0.25) is 0 Å². The Balaban J connectivity index is 1.94. The molecule has 1 aliphatic carbocycles. The van der Waals surface area contributed by atoms with Crippen LogP contribution < -0.4 is 0 Å². The first kappa shape index (κ1) is 10.1. The van der Waals surface area contributed by atoms with E-state index in [9.17, 15) is 9.59 Å². The molecule has 1 aromatic rings. The van der Waals surface area contributed by atoms with Gasteiger partial charge < -0.3 is 0 Å². The number of nitrogens with zero attached hydrogens (tertiary/aromatic N) is 2. The van der Waals surface area contributed by atoms with Crippen LogP contribution in [0.1, 0.15) is 36.0 Å². The lowest BCUT2D eigenvalue weighted by Gasteiger charge is -2.23. The lowest BCUT2D eigenvalue weighted by molar-refractivity contribution is -0.124. The molecule has 0 spiro atoms. The zero-order valence-corrected chi connectivity index (χ0v) is 8.77. The summed E-state index contributed by atoms with van der Waals surface area (Å²) in [5, 5.41) is 3.91. The van der Waals surface area contributed by atoms with Crippen molar-refractivity contribution in [2.45, 2.75) is 25.7 Å². The molecule has 0 amide bonds. The van der Waals surface area contributed by atoms with Crippen molar-refractivity contribution >= 4 is 11.6 Å². The van der Waals surface area contributed by atoms with Gasteiger partial charge in [0.15, 0.2) is 5.78 Å². The molecule has 1 fully saturated rings. The highest BCUT2D eigenvalue weighted by atomic mass is 16.1. The first-order chi connectivity index (χ1) is 7.16. The fourth-order valence-corrected chi connectivity index (χ4v) is 1.70. The Hall–Kier alpha value is -1.45. The van der Waals surface area contributed by atoms with Crippen molar-refractivity contribution in [3.05, 3.63) is 18.0 Å². The number of hydrogen-bond acceptors (Lipinski definition) is 3. The number of carbonyl (C=O) groups excluding carboxylic acids is 2. The third-order valence-electron chi connectivity index (χ3n) is 2.92. The van der Waals surface area contributed by atoms with Crippen LogP contribution in [-0.4, -0.2) is 21.3 Å². The maximum absolute atomic E-state index is 11.6. The predicted molar refractivity (Wildman–Crippen MR) is 54.5 cm³/mol. The number of ketones is 2. The van der Waals surface area contributed by atoms with Gasteiger partial charge in [-0.2, -0.15) is 5.10 Å². The van der Waals surface area contributed by atoms with Gasteiger partial charge in [-0.3, -0.25) is 14.3 Å². The molecule has 0 aliphatic heterocycles. The second kappa shape index (κ2) is 3.96. The lowest BCUT2D eigenvalue weighted by atomic mass is 9.80. The molecule has 0 unspecified atom stereocenters. The maximum Gasteiger partial charge on any atom is 0.173 e. The summed E-state index contributed by atoms with van der Waals surface area (Å²) in [6, 6.07) is 0. The zero-order valence-electron chi connectivity index (χ0n) is 8.77. The normalized spacial score (nSPS) is 16.1. The quantitative estimate of drug-likeness (QED) is 0.552. The van der Waals surface area contributed by atoms with E-state index in [1.54, 1.807) is 17.9 Å². The Morgan fingerprint density at radius 3 is 2.73 bits per heavy atom. The van der Waals surface area contributed by atoms with Crippen molar-refractivity contribution in [3.8, 4) is 0 Å². The molecule has 15 heavy (non-hydrogen) atoms. The summed E-state index contributed by atoms with van der Waals surface area (Å²) in [5.41, 5.74) is 0.533. The fraction of sp³-hybridized carbons (Fsp3) is 0.545. The minimum Gasteiger partial charge on any atom is -0.299 e. The fourth-order valence-electron chi connectivity index (χ4n) is 1.70. The predicted octanol–water partition coefficient (Wildman–Crippen LogP) is 1.36. The van der Waals surface area contributed by atoms with Gasteiger partial charge in [-0.15, -0.1) is 0 Å². The molecule has 1 aliphatic rings. The number of aryl methyl sites for hydroxylation is 1. The van der Waals surface area contributed by atoms with E-state index in [0.29, 0.717) is 5.56 Å². The SMILES string of the molecule is Cn1cc(C(=O)CC(=O)C2CCC2)cn1. The highest BCUT2D eigenvalue weighted by Gasteiger charge is 2.27. The molecule has 1 aromatic heterocycles. The highest BCUT2D eigenvalue weighted by molar-refractivity contribution is 6.08. The standard InChI is InChI=1S/C11H14N2O2/c1-13-7-9(6-12-13)11(15)5-10(14)8-3-2-4-8/h6-8H,2-5H2,1H3. The van der Waals surface area contributed by atoms with Crippen LogP contribution in [0, 0.1) is 5.92 Å². The maximum atomic E-state index is 11.6. The first-order valence-electron chi connectivity index (χ1n) is 5.21. The van der Waals surface area contributed by atoms with Crippen molar-refractivity contribution in [3.63, 3.8) is 0 Å². The van der Waals surface area contributed by atoms with E-state index in [-0.39, 0.29) is 23.9 Å². The van der Waals surface area contributed by atoms with Crippen molar-refractivity contribution in [2.75, 3.05) is 0 Å². The molecule has 0 aromatic carbocycles. The van der Waals surface area contributed by atoms with Crippen LogP contribution in [0.15, 0.2) is 12.4 Å². The molecule has 0 saturated heterocycles. The molecule has 0 radical (unpaired) electrons. The number of Topliss-reactive ketones (excluding diaryl/α,β-unsaturated/α-hetero) is 2. The van der Waals surface area contributed by atoms with E-state index < -0.39 is 0 Å². The molecule has 1 saturated carbocycles. The van der Waals surface area contributed by atoms with Crippen molar-refractivity contribution in [1.82, 2.24) is 9.78 Å². The number of aromatic nitrogens is 2. The second-order valence-corrected chi connectivity index (χ2v) is 4.10. The Bertz CT molecular complexity index is 391. The molecule has 0 N–H and O–H groups in total. The Kier molecular flexibility index (Phi) is 2.66. The van der Waals surface area contributed by atoms with Gasteiger partial charge in [-0.05, 0) is 12.8 Å². The van der Waals surface area contributed by atoms with Crippen molar-refractivity contribution < 1.29 is 9.59 Å². The monoisotopic (exact) mass is 206 g/mol. The van der Waals surface area contributed by atoms with E-state index in [4.69, 9.17) is 0 Å². The number of carbonyl (C=O) groups is 2. The molecule has 1 heterocycles. The third-order valence-corrected chi connectivity index (χ3v) is 2.92. The molecular weight excluding hydrogens is 192 g/mol. The average Bonchev–Trinajstić information content (AvgIpc) is 2.48. The van der Waals surface area contributed by atoms with Gasteiger partial charge in [0.05, 0.1) is 18.2 Å². The van der Waals surface area contributed by atoms with Crippen LogP contribution in [0.25, 0.3) is 0 Å². The highest BCUT2D eigenvalue weighted by Crippen LogP contribution is 2.28. The summed E-state index contributed by atoms with van der Waals surface area (Å²) in [6.07, 6.45) is 6.24. The Morgan fingerprint density at radius 1 is 1.53 bits per heavy atom. The summed E-state index contributed by atoms with van der Waals surface area (Å²) in [5.74, 6) is 0.126. The van der Waals surface area contributed by atoms with Gasteiger partial charge in [0.25, 0.3) is 0 Å². The minimum absolute atomic E-state index is 0.0381. The van der Waals surface area contributed by atoms with E-state index in [1.807, 2.05) is 0 Å². The topological polar surface area (TPSA) is 52.0 Å². The molecule has 80 valence electrons. The second-order valence-electron chi connectivity index (χ2n) is 4.10. The summed E-state index contributed by atoms with van der Waals surface area (Å²) in [6.45, 7) is 0. The number of hydrogen-bond donors (Lipinski definition) is 0. The first-order valence-corrected chi connectivity index (χ1v) is 5.21. The Morgan fingerprint density at radius 2 is 2.27 bits per heavy atom. The Labute approximate surface area is 88.3 Å². The smallest absolute Gasteiger partial charge is 0.173 e. The van der Waals surface area contributed by atoms with Gasteiger partial charge in [0.2, 0.25) is 0 Å². The van der Waals surface area contributed by atoms with Crippen LogP contribution in [0.4, 0.5) is 0 Å². The summed E-state index contributed by atoms with van der Waals surface area (Å²) < 4.78 is 1.57. The van der Waals surface area contributed by atoms with Crippen LogP contribution in [0.3, 0.4) is 0 Å². The summed E-state index contributed by atoms with van der Waals surface area (Å²) >= 11 is 0. The van der Waals surface area contributed by atoms with Crippen molar-refractivity contribution in [1.29, 1.82) is 0 Å². The largest absolute Gasteiger partial charge is 0.299 e. The zero-order chi connectivity index (χ0) is 10.8.